The lowest BCUT2D eigenvalue weighted by atomic mass is 9.84. The Morgan fingerprint density at radius 3 is 2.57 bits per heavy atom. The first-order valence-electron chi connectivity index (χ1n) is 9.54. The second kappa shape index (κ2) is 9.78. The lowest BCUT2D eigenvalue weighted by Crippen LogP contribution is -2.44. The van der Waals surface area contributed by atoms with Crippen LogP contribution in [0.5, 0.6) is 0 Å². The molecule has 0 fully saturated rings. The van der Waals surface area contributed by atoms with E-state index in [2.05, 4.69) is 15.3 Å². The number of nitrogens with zero attached hydrogens (tertiary/aromatic N) is 3. The summed E-state index contributed by atoms with van der Waals surface area (Å²) in [6.07, 6.45) is -4.41. The molecule has 30 heavy (non-hydrogen) atoms. The highest BCUT2D eigenvalue weighted by molar-refractivity contribution is 7.09. The van der Waals surface area contributed by atoms with Crippen molar-refractivity contribution in [3.05, 3.63) is 51.5 Å². The summed E-state index contributed by atoms with van der Waals surface area (Å²) in [5, 5.41) is 6.17. The molecule has 1 aromatic carbocycles. The molecule has 2 aromatic rings. The van der Waals surface area contributed by atoms with Gasteiger partial charge >= 0.3 is 6.18 Å². The molecule has 0 spiro atoms. The van der Waals surface area contributed by atoms with Crippen molar-refractivity contribution in [1.82, 2.24) is 15.2 Å². The molecule has 0 aliphatic heterocycles. The number of alkyl halides is 3. The number of halogens is 3. The molecule has 0 radical (unpaired) electrons. The van der Waals surface area contributed by atoms with Crippen LogP contribution in [0.3, 0.4) is 0 Å². The van der Waals surface area contributed by atoms with Crippen molar-refractivity contribution in [1.29, 1.82) is 0 Å². The van der Waals surface area contributed by atoms with Crippen LogP contribution < -0.4 is 5.32 Å². The fraction of sp³-hybridized carbons (Fsp3) is 0.524. The van der Waals surface area contributed by atoms with Gasteiger partial charge in [0.1, 0.15) is 11.1 Å². The Hall–Kier alpha value is -2.13. The number of guanidine groups is 1. The maximum Gasteiger partial charge on any atom is 0.416 e. The first kappa shape index (κ1) is 24.1. The molecule has 1 heterocycles. The predicted molar refractivity (Wildman–Crippen MR) is 115 cm³/mol. The Bertz CT molecular complexity index is 864. The van der Waals surface area contributed by atoms with E-state index in [1.54, 1.807) is 31.6 Å². The van der Waals surface area contributed by atoms with Crippen LogP contribution in [0.2, 0.25) is 0 Å². The number of hydrogen-bond acceptors (Lipinski definition) is 4. The average molecular weight is 443 g/mol. The molecule has 1 atom stereocenters. The third-order valence-electron chi connectivity index (χ3n) is 4.90. The van der Waals surface area contributed by atoms with E-state index in [1.807, 2.05) is 38.1 Å². The van der Waals surface area contributed by atoms with E-state index in [1.165, 1.54) is 12.1 Å². The summed E-state index contributed by atoms with van der Waals surface area (Å²) < 4.78 is 44.5. The first-order valence-corrected chi connectivity index (χ1v) is 10.4. The van der Waals surface area contributed by atoms with E-state index in [0.29, 0.717) is 24.6 Å². The molecule has 1 aromatic heterocycles. The first-order chi connectivity index (χ1) is 14.0. The van der Waals surface area contributed by atoms with Gasteiger partial charge in [0.25, 0.3) is 0 Å². The topological polar surface area (TPSA) is 49.8 Å². The Balaban J connectivity index is 2.04. The molecule has 5 nitrogen and oxygen atoms in total. The van der Waals surface area contributed by atoms with Crippen LogP contribution in [0, 0.1) is 0 Å². The van der Waals surface area contributed by atoms with Gasteiger partial charge in [0.15, 0.2) is 5.96 Å². The van der Waals surface area contributed by atoms with Crippen LogP contribution in [0.25, 0.3) is 0 Å². The van der Waals surface area contributed by atoms with E-state index in [0.717, 1.165) is 16.8 Å². The molecular weight excluding hydrogens is 413 g/mol. The highest BCUT2D eigenvalue weighted by atomic mass is 32.1. The van der Waals surface area contributed by atoms with E-state index < -0.39 is 17.2 Å². The van der Waals surface area contributed by atoms with Gasteiger partial charge in [-0.2, -0.15) is 13.2 Å². The van der Waals surface area contributed by atoms with Crippen LogP contribution in [-0.4, -0.2) is 43.6 Å². The lowest BCUT2D eigenvalue weighted by molar-refractivity contribution is -0.137. The monoisotopic (exact) mass is 442 g/mol. The second-order valence-corrected chi connectivity index (χ2v) is 8.66. The fourth-order valence-corrected chi connectivity index (χ4v) is 3.75. The zero-order chi connectivity index (χ0) is 22.5. The molecule has 0 saturated carbocycles. The minimum absolute atomic E-state index is 0.0558. The summed E-state index contributed by atoms with van der Waals surface area (Å²) in [5.41, 5.74) is 0.348. The third kappa shape index (κ3) is 6.18. The number of aliphatic imine (C=N–C) groups is 1. The van der Waals surface area contributed by atoms with Gasteiger partial charge in [-0.1, -0.05) is 32.0 Å². The Morgan fingerprint density at radius 1 is 1.30 bits per heavy atom. The number of aromatic nitrogens is 1. The number of thiazole rings is 1. The van der Waals surface area contributed by atoms with Crippen molar-refractivity contribution in [2.75, 3.05) is 27.7 Å². The molecule has 0 aliphatic carbocycles. The van der Waals surface area contributed by atoms with Gasteiger partial charge in [0, 0.05) is 38.5 Å². The minimum Gasteiger partial charge on any atom is -0.375 e. The maximum atomic E-state index is 13.1. The van der Waals surface area contributed by atoms with Crippen LogP contribution in [0.1, 0.15) is 48.7 Å². The zero-order valence-electron chi connectivity index (χ0n) is 18.2. The summed E-state index contributed by atoms with van der Waals surface area (Å²) in [7, 11) is 5.22. The number of rotatable bonds is 7. The molecule has 0 amide bonds. The van der Waals surface area contributed by atoms with E-state index in [4.69, 9.17) is 4.74 Å². The maximum absolute atomic E-state index is 13.1. The van der Waals surface area contributed by atoms with Gasteiger partial charge in [-0.15, -0.1) is 11.3 Å². The predicted octanol–water partition coefficient (Wildman–Crippen LogP) is 4.85. The third-order valence-corrected chi connectivity index (χ3v) is 5.96. The Labute approximate surface area is 180 Å². The van der Waals surface area contributed by atoms with Gasteiger partial charge in [0.2, 0.25) is 0 Å². The summed E-state index contributed by atoms with van der Waals surface area (Å²) in [5.74, 6) is 0.643. The van der Waals surface area contributed by atoms with Gasteiger partial charge in [-0.3, -0.25) is 4.99 Å². The number of hydrogen-bond donors (Lipinski definition) is 1. The van der Waals surface area contributed by atoms with Crippen LogP contribution in [0.4, 0.5) is 13.2 Å². The van der Waals surface area contributed by atoms with E-state index in [9.17, 15) is 13.2 Å². The quantitative estimate of drug-likeness (QED) is 0.492. The van der Waals surface area contributed by atoms with Crippen molar-refractivity contribution >= 4 is 17.3 Å². The molecule has 1 unspecified atom stereocenters. The molecule has 166 valence electrons. The van der Waals surface area contributed by atoms with Gasteiger partial charge in [-0.05, 0) is 18.6 Å². The lowest BCUT2D eigenvalue weighted by Gasteiger charge is -2.29. The fourth-order valence-electron chi connectivity index (χ4n) is 2.90. The number of methoxy groups -OCH3 is 1. The molecule has 0 aliphatic rings. The van der Waals surface area contributed by atoms with Crippen molar-refractivity contribution < 1.29 is 17.9 Å². The Morgan fingerprint density at radius 2 is 1.97 bits per heavy atom. The average Bonchev–Trinajstić information content (AvgIpc) is 3.15. The van der Waals surface area contributed by atoms with Gasteiger partial charge in [-0.25, -0.2) is 4.98 Å². The van der Waals surface area contributed by atoms with Crippen molar-refractivity contribution in [3.63, 3.8) is 0 Å². The van der Waals surface area contributed by atoms with Crippen molar-refractivity contribution in [2.24, 2.45) is 4.99 Å². The standard InChI is InChI=1S/C21H29F3N4OS/c1-14(29-6)18-27-17(12-30-18)11-28(5)19(25-4)26-13-20(2,3)15-8-7-9-16(10-15)21(22,23)24/h7-10,12,14H,11,13H2,1-6H3,(H,25,26). The summed E-state index contributed by atoms with van der Waals surface area (Å²) >= 11 is 1.55. The highest BCUT2D eigenvalue weighted by Gasteiger charge is 2.32. The normalized spacial score (nSPS) is 14.0. The number of benzene rings is 1. The largest absolute Gasteiger partial charge is 0.416 e. The summed E-state index contributed by atoms with van der Waals surface area (Å²) in [6, 6.07) is 5.47. The second-order valence-electron chi connectivity index (χ2n) is 7.77. The van der Waals surface area contributed by atoms with Crippen LogP contribution in [-0.2, 0) is 22.9 Å². The van der Waals surface area contributed by atoms with Gasteiger partial charge in [0.05, 0.1) is 17.8 Å². The van der Waals surface area contributed by atoms with Crippen molar-refractivity contribution in [3.8, 4) is 0 Å². The smallest absolute Gasteiger partial charge is 0.375 e. The number of nitrogens with one attached hydrogen (secondary N) is 1. The molecule has 1 N–H and O–H groups in total. The summed E-state index contributed by atoms with van der Waals surface area (Å²) in [4.78, 5) is 10.8. The SMILES string of the molecule is CN=C(NCC(C)(C)c1cccc(C(F)(F)F)c1)N(C)Cc1csc(C(C)OC)n1. The zero-order valence-corrected chi connectivity index (χ0v) is 19.0. The van der Waals surface area contributed by atoms with Gasteiger partial charge < -0.3 is 15.0 Å². The van der Waals surface area contributed by atoms with Crippen LogP contribution >= 0.6 is 11.3 Å². The molecular formula is C21H29F3N4OS. The molecule has 9 heteroatoms. The van der Waals surface area contributed by atoms with Crippen LogP contribution in [0.15, 0.2) is 34.6 Å². The molecule has 0 saturated heterocycles. The molecule has 2 rings (SSSR count). The van der Waals surface area contributed by atoms with E-state index >= 15 is 0 Å². The Kier molecular flexibility index (Phi) is 7.87. The highest BCUT2D eigenvalue weighted by Crippen LogP contribution is 2.32. The minimum atomic E-state index is -4.36. The van der Waals surface area contributed by atoms with E-state index in [-0.39, 0.29) is 6.10 Å². The number of ether oxygens (including phenoxy) is 1. The molecule has 0 bridgehead atoms. The van der Waals surface area contributed by atoms with Crippen molar-refractivity contribution in [2.45, 2.75) is 45.0 Å². The summed E-state index contributed by atoms with van der Waals surface area (Å²) in [6.45, 7) is 6.73.